The number of hydrogen-bond donors (Lipinski definition) is 0. The summed E-state index contributed by atoms with van der Waals surface area (Å²) in [7, 11) is 0. The first-order valence-electron chi connectivity index (χ1n) is 3.66. The van der Waals surface area contributed by atoms with Crippen molar-refractivity contribution in [2.45, 2.75) is 0 Å². The quantitative estimate of drug-likeness (QED) is 0.574. The number of ether oxygens (including phenoxy) is 1. The molecule has 0 spiro atoms. The molecule has 0 saturated heterocycles. The lowest BCUT2D eigenvalue weighted by Crippen LogP contribution is -1.99. The van der Waals surface area contributed by atoms with Crippen LogP contribution in [-0.2, 0) is 0 Å². The Labute approximate surface area is 69.7 Å². The van der Waals surface area contributed by atoms with E-state index in [0.717, 1.165) is 0 Å². The summed E-state index contributed by atoms with van der Waals surface area (Å²) < 4.78 is 5.20. The van der Waals surface area contributed by atoms with Gasteiger partial charge in [0.1, 0.15) is 6.61 Å². The van der Waals surface area contributed by atoms with E-state index in [-0.39, 0.29) is 5.78 Å². The summed E-state index contributed by atoms with van der Waals surface area (Å²) in [6.45, 7) is 0.412. The van der Waals surface area contributed by atoms with Gasteiger partial charge in [-0.25, -0.2) is 4.98 Å². The molecule has 0 fully saturated rings. The zero-order valence-electron chi connectivity index (χ0n) is 6.36. The molecule has 0 unspecified atom stereocenters. The third-order valence-electron chi connectivity index (χ3n) is 1.62. The third-order valence-corrected chi connectivity index (χ3v) is 1.62. The van der Waals surface area contributed by atoms with Crippen LogP contribution in [0.5, 0.6) is 5.88 Å². The molecule has 0 N–H and O–H groups in total. The molecule has 1 aromatic heterocycles. The van der Waals surface area contributed by atoms with Crippen molar-refractivity contribution in [2.75, 3.05) is 6.61 Å². The van der Waals surface area contributed by atoms with Gasteiger partial charge in [-0.1, -0.05) is 0 Å². The van der Waals surface area contributed by atoms with E-state index in [0.29, 0.717) is 18.1 Å². The SMILES string of the molecule is O=C1C=CCOc2ncccc21. The van der Waals surface area contributed by atoms with Crippen molar-refractivity contribution in [3.8, 4) is 5.88 Å². The van der Waals surface area contributed by atoms with Crippen molar-refractivity contribution >= 4 is 5.78 Å². The Morgan fingerprint density at radius 1 is 1.50 bits per heavy atom. The largest absolute Gasteiger partial charge is 0.473 e. The summed E-state index contributed by atoms with van der Waals surface area (Å²) in [5, 5.41) is 0. The Morgan fingerprint density at radius 3 is 3.33 bits per heavy atom. The van der Waals surface area contributed by atoms with Crippen LogP contribution in [0.2, 0.25) is 0 Å². The van der Waals surface area contributed by atoms with Crippen LogP contribution in [0.15, 0.2) is 30.5 Å². The van der Waals surface area contributed by atoms with E-state index in [1.165, 1.54) is 6.08 Å². The Hall–Kier alpha value is -1.64. The maximum absolute atomic E-state index is 11.3. The minimum Gasteiger partial charge on any atom is -0.473 e. The molecular formula is C9H7NO2. The van der Waals surface area contributed by atoms with E-state index in [2.05, 4.69) is 4.98 Å². The van der Waals surface area contributed by atoms with Crippen molar-refractivity contribution < 1.29 is 9.53 Å². The fraction of sp³-hybridized carbons (Fsp3) is 0.111. The van der Waals surface area contributed by atoms with Crippen LogP contribution in [0, 0.1) is 0 Å². The van der Waals surface area contributed by atoms with E-state index >= 15 is 0 Å². The topological polar surface area (TPSA) is 39.2 Å². The van der Waals surface area contributed by atoms with Gasteiger partial charge in [0.2, 0.25) is 5.88 Å². The summed E-state index contributed by atoms with van der Waals surface area (Å²) in [5.74, 6) is 0.378. The molecule has 0 atom stereocenters. The van der Waals surface area contributed by atoms with E-state index in [1.54, 1.807) is 24.4 Å². The average Bonchev–Trinajstić information content (AvgIpc) is 2.29. The lowest BCUT2D eigenvalue weighted by atomic mass is 10.2. The van der Waals surface area contributed by atoms with Crippen LogP contribution in [0.3, 0.4) is 0 Å². The van der Waals surface area contributed by atoms with Crippen LogP contribution >= 0.6 is 0 Å². The van der Waals surface area contributed by atoms with Gasteiger partial charge in [-0.15, -0.1) is 0 Å². The number of fused-ring (bicyclic) bond motifs is 1. The van der Waals surface area contributed by atoms with E-state index < -0.39 is 0 Å². The predicted molar refractivity (Wildman–Crippen MR) is 43.2 cm³/mol. The first-order chi connectivity index (χ1) is 5.88. The van der Waals surface area contributed by atoms with Crippen LogP contribution in [0.1, 0.15) is 10.4 Å². The van der Waals surface area contributed by atoms with Crippen molar-refractivity contribution in [3.05, 3.63) is 36.0 Å². The molecule has 0 bridgehead atoms. The Balaban J connectivity index is 2.53. The van der Waals surface area contributed by atoms with Crippen molar-refractivity contribution in [3.63, 3.8) is 0 Å². The fourth-order valence-corrected chi connectivity index (χ4v) is 1.07. The fourth-order valence-electron chi connectivity index (χ4n) is 1.07. The highest BCUT2D eigenvalue weighted by atomic mass is 16.5. The summed E-state index contributed by atoms with van der Waals surface area (Å²) in [6, 6.07) is 3.43. The summed E-state index contributed by atoms with van der Waals surface area (Å²) in [5.41, 5.74) is 0.534. The normalized spacial score (nSPS) is 14.8. The molecular weight excluding hydrogens is 154 g/mol. The van der Waals surface area contributed by atoms with Gasteiger partial charge in [-0.05, 0) is 24.3 Å². The minimum absolute atomic E-state index is 0.0457. The lowest BCUT2D eigenvalue weighted by Gasteiger charge is -2.02. The number of carbonyl (C=O) groups excluding carboxylic acids is 1. The maximum Gasteiger partial charge on any atom is 0.225 e. The molecule has 0 aromatic carbocycles. The minimum atomic E-state index is -0.0457. The summed E-state index contributed by atoms with van der Waals surface area (Å²) >= 11 is 0. The molecule has 12 heavy (non-hydrogen) atoms. The molecule has 1 aromatic rings. The molecule has 60 valence electrons. The molecule has 0 aliphatic carbocycles. The second-order valence-corrected chi connectivity index (χ2v) is 2.43. The van der Waals surface area contributed by atoms with Gasteiger partial charge in [-0.3, -0.25) is 4.79 Å². The second-order valence-electron chi connectivity index (χ2n) is 2.43. The molecule has 2 heterocycles. The third kappa shape index (κ3) is 1.09. The van der Waals surface area contributed by atoms with Crippen LogP contribution in [0.25, 0.3) is 0 Å². The number of allylic oxidation sites excluding steroid dienone is 1. The number of pyridine rings is 1. The van der Waals surface area contributed by atoms with Gasteiger partial charge in [0, 0.05) is 6.20 Å². The van der Waals surface area contributed by atoms with Crippen molar-refractivity contribution in [1.82, 2.24) is 4.98 Å². The first-order valence-corrected chi connectivity index (χ1v) is 3.66. The highest BCUT2D eigenvalue weighted by Crippen LogP contribution is 2.17. The number of rotatable bonds is 0. The van der Waals surface area contributed by atoms with Gasteiger partial charge in [0.25, 0.3) is 0 Å². The van der Waals surface area contributed by atoms with E-state index in [4.69, 9.17) is 4.74 Å². The molecule has 0 amide bonds. The van der Waals surface area contributed by atoms with Crippen LogP contribution in [-0.4, -0.2) is 17.4 Å². The average molecular weight is 161 g/mol. The monoisotopic (exact) mass is 161 g/mol. The molecule has 1 aliphatic rings. The number of nitrogens with zero attached hydrogens (tertiary/aromatic N) is 1. The van der Waals surface area contributed by atoms with Gasteiger partial charge >= 0.3 is 0 Å². The maximum atomic E-state index is 11.3. The molecule has 0 saturated carbocycles. The smallest absolute Gasteiger partial charge is 0.225 e. The standard InChI is InChI=1S/C9H7NO2/c11-8-4-2-6-12-9-7(8)3-1-5-10-9/h1-5H,6H2. The molecule has 1 aliphatic heterocycles. The highest BCUT2D eigenvalue weighted by Gasteiger charge is 2.12. The van der Waals surface area contributed by atoms with Crippen molar-refractivity contribution in [2.24, 2.45) is 0 Å². The molecule has 3 nitrogen and oxygen atoms in total. The number of carbonyl (C=O) groups is 1. The van der Waals surface area contributed by atoms with Gasteiger partial charge in [-0.2, -0.15) is 0 Å². The first kappa shape index (κ1) is 7.03. The van der Waals surface area contributed by atoms with Crippen molar-refractivity contribution in [1.29, 1.82) is 0 Å². The van der Waals surface area contributed by atoms with Crippen LogP contribution in [0.4, 0.5) is 0 Å². The molecule has 3 heteroatoms. The van der Waals surface area contributed by atoms with Gasteiger partial charge < -0.3 is 4.74 Å². The Bertz CT molecular complexity index is 344. The lowest BCUT2D eigenvalue weighted by molar-refractivity contribution is 0.104. The molecule has 2 rings (SSSR count). The molecule has 0 radical (unpaired) electrons. The van der Waals surface area contributed by atoms with Gasteiger partial charge in [0.05, 0.1) is 5.56 Å². The number of hydrogen-bond acceptors (Lipinski definition) is 3. The zero-order chi connectivity index (χ0) is 8.39. The van der Waals surface area contributed by atoms with E-state index in [9.17, 15) is 4.79 Å². The zero-order valence-corrected chi connectivity index (χ0v) is 6.36. The predicted octanol–water partition coefficient (Wildman–Crippen LogP) is 1.21. The number of ketones is 1. The Morgan fingerprint density at radius 2 is 2.42 bits per heavy atom. The van der Waals surface area contributed by atoms with Gasteiger partial charge in [0.15, 0.2) is 5.78 Å². The summed E-state index contributed by atoms with van der Waals surface area (Å²) in [4.78, 5) is 15.2. The van der Waals surface area contributed by atoms with Crippen LogP contribution < -0.4 is 4.74 Å². The highest BCUT2D eigenvalue weighted by molar-refractivity contribution is 6.06. The Kier molecular flexibility index (Phi) is 1.63. The number of aromatic nitrogens is 1. The second kappa shape index (κ2) is 2.77. The summed E-state index contributed by atoms with van der Waals surface area (Å²) in [6.07, 6.45) is 4.80. The van der Waals surface area contributed by atoms with E-state index in [1.807, 2.05) is 0 Å².